The second-order valence-electron chi connectivity index (χ2n) is 11.0. The van der Waals surface area contributed by atoms with Crippen LogP contribution in [0.1, 0.15) is 52.6 Å². The first-order valence-electron chi connectivity index (χ1n) is 14.2. The number of anilines is 1. The number of hydrazone groups is 1. The number of non-ortho nitro benzene ring substituents is 1. The molecule has 2 N–H and O–H groups in total. The van der Waals surface area contributed by atoms with Crippen molar-refractivity contribution in [3.05, 3.63) is 136 Å². The van der Waals surface area contributed by atoms with Gasteiger partial charge in [-0.05, 0) is 60.7 Å². The summed E-state index contributed by atoms with van der Waals surface area (Å²) in [5.41, 5.74) is 3.50. The van der Waals surface area contributed by atoms with E-state index in [1.807, 2.05) is 0 Å². The molecule has 12 heteroatoms. The molecule has 0 bridgehead atoms. The molecule has 0 aliphatic rings. The van der Waals surface area contributed by atoms with Crippen LogP contribution in [-0.2, 0) is 9.59 Å². The molecule has 4 rings (SSSR count). The third kappa shape index (κ3) is 9.53. The van der Waals surface area contributed by atoms with Crippen molar-refractivity contribution >= 4 is 47.4 Å². The first kappa shape index (κ1) is 33.5. The molecule has 12 nitrogen and oxygen atoms in total. The highest BCUT2D eigenvalue weighted by Gasteiger charge is 2.21. The molecule has 0 spiro atoms. The number of amides is 2. The fraction of sp³-hybridized carbons (Fsp3) is 0.114. The van der Waals surface area contributed by atoms with Crippen LogP contribution in [0.5, 0.6) is 11.5 Å². The molecule has 0 fully saturated rings. The summed E-state index contributed by atoms with van der Waals surface area (Å²) in [4.78, 5) is 60.3. The average molecular weight is 635 g/mol. The number of benzene rings is 4. The van der Waals surface area contributed by atoms with Gasteiger partial charge in [-0.15, -0.1) is 0 Å². The van der Waals surface area contributed by atoms with Gasteiger partial charge >= 0.3 is 11.9 Å². The van der Waals surface area contributed by atoms with Crippen LogP contribution in [0.3, 0.4) is 0 Å². The van der Waals surface area contributed by atoms with Crippen LogP contribution < -0.4 is 20.2 Å². The zero-order valence-electron chi connectivity index (χ0n) is 25.6. The van der Waals surface area contributed by atoms with Crippen molar-refractivity contribution in [2.45, 2.75) is 20.8 Å². The van der Waals surface area contributed by atoms with Gasteiger partial charge in [-0.25, -0.2) is 15.0 Å². The van der Waals surface area contributed by atoms with Gasteiger partial charge in [-0.3, -0.25) is 19.7 Å². The number of rotatable bonds is 10. The Labute approximate surface area is 269 Å². The number of nitrogens with zero attached hydrogens (tertiary/aromatic N) is 2. The van der Waals surface area contributed by atoms with Gasteiger partial charge in [-0.2, -0.15) is 5.10 Å². The summed E-state index contributed by atoms with van der Waals surface area (Å²) in [5.74, 6) is -1.76. The van der Waals surface area contributed by atoms with Crippen molar-refractivity contribution in [1.29, 1.82) is 0 Å². The maximum Gasteiger partial charge on any atom is 0.343 e. The third-order valence-corrected chi connectivity index (χ3v) is 6.42. The quantitative estimate of drug-likeness (QED) is 0.0521. The minimum atomic E-state index is -0.731. The van der Waals surface area contributed by atoms with E-state index >= 15 is 0 Å². The largest absolute Gasteiger partial charge is 0.423 e. The Hall–Kier alpha value is -6.43. The molecule has 238 valence electrons. The molecule has 4 aromatic rings. The number of nitrogens with one attached hydrogen (secondary N) is 2. The molecule has 4 aromatic carbocycles. The van der Waals surface area contributed by atoms with Crippen molar-refractivity contribution in [1.82, 2.24) is 5.43 Å². The van der Waals surface area contributed by atoms with Crippen molar-refractivity contribution in [2.24, 2.45) is 10.5 Å². The average Bonchev–Trinajstić information content (AvgIpc) is 3.05. The van der Waals surface area contributed by atoms with E-state index in [0.29, 0.717) is 22.4 Å². The number of esters is 2. The highest BCUT2D eigenvalue weighted by molar-refractivity contribution is 5.98. The van der Waals surface area contributed by atoms with Crippen LogP contribution >= 0.6 is 0 Å². The Morgan fingerprint density at radius 3 is 1.96 bits per heavy atom. The monoisotopic (exact) mass is 634 g/mol. The minimum absolute atomic E-state index is 0.114. The number of carbonyl (C=O) groups is 4. The summed E-state index contributed by atoms with van der Waals surface area (Å²) in [6.07, 6.45) is 3.90. The van der Waals surface area contributed by atoms with Gasteiger partial charge < -0.3 is 14.8 Å². The number of ether oxygens (including phenoxy) is 2. The number of para-hydroxylation sites is 2. The lowest BCUT2D eigenvalue weighted by molar-refractivity contribution is -0.384. The second-order valence-corrected chi connectivity index (χ2v) is 11.0. The first-order valence-corrected chi connectivity index (χ1v) is 14.2. The lowest BCUT2D eigenvalue weighted by atomic mass is 9.95. The molecular formula is C35H30N4O8. The molecule has 0 aromatic heterocycles. The normalized spacial score (nSPS) is 11.2. The highest BCUT2D eigenvalue weighted by Crippen LogP contribution is 2.23. The smallest absolute Gasteiger partial charge is 0.343 e. The van der Waals surface area contributed by atoms with Crippen LogP contribution in [-0.4, -0.2) is 34.9 Å². The number of hydrogen-bond acceptors (Lipinski definition) is 9. The van der Waals surface area contributed by atoms with Gasteiger partial charge in [0.2, 0.25) is 5.91 Å². The van der Waals surface area contributed by atoms with Gasteiger partial charge in [0, 0.05) is 46.0 Å². The van der Waals surface area contributed by atoms with Crippen molar-refractivity contribution < 1.29 is 33.6 Å². The molecule has 0 aliphatic heterocycles. The fourth-order valence-corrected chi connectivity index (χ4v) is 3.82. The lowest BCUT2D eigenvalue weighted by Crippen LogP contribution is -2.27. The Bertz CT molecular complexity index is 1860. The molecule has 0 atom stereocenters. The Kier molecular flexibility index (Phi) is 10.7. The third-order valence-electron chi connectivity index (χ3n) is 6.42. The Balaban J connectivity index is 1.36. The van der Waals surface area contributed by atoms with E-state index in [0.717, 1.165) is 6.08 Å². The van der Waals surface area contributed by atoms with Crippen LogP contribution in [0.2, 0.25) is 0 Å². The molecule has 0 radical (unpaired) electrons. The topological polar surface area (TPSA) is 166 Å². The Morgan fingerprint density at radius 1 is 0.766 bits per heavy atom. The van der Waals surface area contributed by atoms with Gasteiger partial charge in [0.1, 0.15) is 11.5 Å². The lowest BCUT2D eigenvalue weighted by Gasteiger charge is -2.17. The molecule has 0 unspecified atom stereocenters. The van der Waals surface area contributed by atoms with E-state index in [-0.39, 0.29) is 28.7 Å². The number of nitro benzene ring substituents is 1. The van der Waals surface area contributed by atoms with Gasteiger partial charge in [0.15, 0.2) is 0 Å². The Morgan fingerprint density at radius 2 is 1.34 bits per heavy atom. The first-order chi connectivity index (χ1) is 22.4. The minimum Gasteiger partial charge on any atom is -0.423 e. The summed E-state index contributed by atoms with van der Waals surface area (Å²) in [7, 11) is 0. The van der Waals surface area contributed by atoms with Gasteiger partial charge in [0.05, 0.1) is 16.7 Å². The maximum absolute atomic E-state index is 12.7. The highest BCUT2D eigenvalue weighted by atomic mass is 16.6. The summed E-state index contributed by atoms with van der Waals surface area (Å²) in [6, 6.07) is 24.4. The van der Waals surface area contributed by atoms with E-state index in [1.165, 1.54) is 42.6 Å². The van der Waals surface area contributed by atoms with Crippen molar-refractivity contribution in [3.8, 4) is 11.5 Å². The predicted octanol–water partition coefficient (Wildman–Crippen LogP) is 6.18. The van der Waals surface area contributed by atoms with Crippen molar-refractivity contribution in [3.63, 3.8) is 0 Å². The van der Waals surface area contributed by atoms with Gasteiger partial charge in [0.25, 0.3) is 11.6 Å². The van der Waals surface area contributed by atoms with E-state index in [9.17, 15) is 29.3 Å². The predicted molar refractivity (Wildman–Crippen MR) is 175 cm³/mol. The van der Waals surface area contributed by atoms with Crippen LogP contribution in [0.4, 0.5) is 11.4 Å². The second kappa shape index (κ2) is 15.0. The number of nitro groups is 1. The molecule has 47 heavy (non-hydrogen) atoms. The van der Waals surface area contributed by atoms with E-state index in [4.69, 9.17) is 9.47 Å². The van der Waals surface area contributed by atoms with E-state index in [1.54, 1.807) is 87.5 Å². The molecule has 0 heterocycles. The summed E-state index contributed by atoms with van der Waals surface area (Å²) in [5, 5.41) is 17.6. The number of carbonyl (C=O) groups excluding carboxylic acids is 4. The van der Waals surface area contributed by atoms with E-state index in [2.05, 4.69) is 15.8 Å². The summed E-state index contributed by atoms with van der Waals surface area (Å²) < 4.78 is 10.9. The van der Waals surface area contributed by atoms with Crippen LogP contribution in [0.25, 0.3) is 6.08 Å². The van der Waals surface area contributed by atoms with Crippen LogP contribution in [0, 0.1) is 15.5 Å². The summed E-state index contributed by atoms with van der Waals surface area (Å²) in [6.45, 7) is 5.40. The molecule has 0 saturated carbocycles. The van der Waals surface area contributed by atoms with Crippen molar-refractivity contribution in [2.75, 3.05) is 5.32 Å². The standard InChI is InChI=1S/C35H30N4O8/c1-35(2,3)34(43)37-27-17-12-24(13-18-27)32(41)38-36-22-26-9-5-7-11-30(26)46-31(40)21-16-23-8-4-6-10-29(23)47-33(42)25-14-19-28(20-15-25)39(44)45/h4-22H,1-3H3,(H,37,43)(H,38,41)/b21-16+,36-22+. The molecule has 0 aliphatic carbocycles. The fourth-order valence-electron chi connectivity index (χ4n) is 3.82. The molecule has 0 saturated heterocycles. The molecular weight excluding hydrogens is 604 g/mol. The van der Waals surface area contributed by atoms with Crippen LogP contribution in [0.15, 0.2) is 108 Å². The summed E-state index contributed by atoms with van der Waals surface area (Å²) >= 11 is 0. The zero-order valence-corrected chi connectivity index (χ0v) is 25.6. The van der Waals surface area contributed by atoms with Gasteiger partial charge in [-0.1, -0.05) is 51.1 Å². The van der Waals surface area contributed by atoms with E-state index < -0.39 is 28.2 Å². The number of hydrogen-bond donors (Lipinski definition) is 2. The SMILES string of the molecule is CC(C)(C)C(=O)Nc1ccc(C(=O)N/N=C/c2ccccc2OC(=O)/C=C/c2ccccc2OC(=O)c2ccc([N+](=O)[O-])cc2)cc1. The maximum atomic E-state index is 12.7. The zero-order chi connectivity index (χ0) is 34.0. The molecule has 2 amide bonds.